The Bertz CT molecular complexity index is 1360. The van der Waals surface area contributed by atoms with Gasteiger partial charge in [-0.15, -0.1) is 0 Å². The van der Waals surface area contributed by atoms with Crippen LogP contribution in [0.4, 0.5) is 0 Å². The van der Waals surface area contributed by atoms with Crippen molar-refractivity contribution in [2.75, 3.05) is 7.11 Å². The molecular weight excluding hydrogens is 564 g/mol. The third-order valence-electron chi connectivity index (χ3n) is 13.0. The first kappa shape index (κ1) is 31.8. The summed E-state index contributed by atoms with van der Waals surface area (Å²) in [6.07, 6.45) is 9.21. The number of fused-ring (bicyclic) bond motifs is 5. The zero-order valence-electron chi connectivity index (χ0n) is 27.4. The molecule has 0 spiro atoms. The van der Waals surface area contributed by atoms with Gasteiger partial charge in [0.2, 0.25) is 0 Å². The molecule has 6 nitrogen and oxygen atoms in total. The minimum Gasteiger partial charge on any atom is -0.469 e. The predicted octanol–water partition coefficient (Wildman–Crippen LogP) is 8.30. The quantitative estimate of drug-likeness (QED) is 0.220. The molecule has 0 bridgehead atoms. The summed E-state index contributed by atoms with van der Waals surface area (Å²) in [7, 11) is 1.46. The molecule has 10 atom stereocenters. The van der Waals surface area contributed by atoms with Crippen LogP contribution >= 0.6 is 0 Å². The highest BCUT2D eigenvalue weighted by Gasteiger charge is 2.65. The monoisotopic (exact) mass is 614 g/mol. The number of ether oxygens (including phenoxy) is 3. The van der Waals surface area contributed by atoms with E-state index in [4.69, 9.17) is 14.2 Å². The number of rotatable bonds is 8. The highest BCUT2D eigenvalue weighted by molar-refractivity contribution is 5.90. The van der Waals surface area contributed by atoms with E-state index in [0.717, 1.165) is 51.4 Å². The van der Waals surface area contributed by atoms with Crippen molar-refractivity contribution in [2.45, 2.75) is 97.2 Å². The molecule has 0 heterocycles. The van der Waals surface area contributed by atoms with Gasteiger partial charge in [-0.05, 0) is 123 Å². The number of hydrogen-bond donors (Lipinski definition) is 0. The Labute approximate surface area is 268 Å². The standard InChI is InChI=1S/C39H50O6/c1-25(15-20-35(40)43-4)31-18-19-32-30-17-16-28-23-29(44-36(41)26-11-7-5-8-12-26)21-22-38(28,2)33(30)24-34(39(31,32)3)45-37(42)27-13-9-6-10-14-27/h5-14,25,28-34H,15-24H2,1-4H3/t25-,28-,29+,30-,31-,32+,33+,34-,38-,39+/m0/s1. The number of carbonyl (C=O) groups excluding carboxylic acids is 3. The molecule has 4 aliphatic rings. The van der Waals surface area contributed by atoms with Crippen LogP contribution in [0.1, 0.15) is 106 Å². The van der Waals surface area contributed by atoms with Crippen LogP contribution in [-0.2, 0) is 19.0 Å². The van der Waals surface area contributed by atoms with Gasteiger partial charge in [0, 0.05) is 11.8 Å². The molecule has 0 unspecified atom stereocenters. The molecule has 45 heavy (non-hydrogen) atoms. The fourth-order valence-corrected chi connectivity index (χ4v) is 10.6. The average Bonchev–Trinajstić information content (AvgIpc) is 3.43. The number of methoxy groups -OCH3 is 1. The van der Waals surface area contributed by atoms with Crippen LogP contribution in [0.25, 0.3) is 0 Å². The van der Waals surface area contributed by atoms with Gasteiger partial charge in [-0.2, -0.15) is 0 Å². The molecule has 4 saturated carbocycles. The van der Waals surface area contributed by atoms with Crippen molar-refractivity contribution < 1.29 is 28.6 Å². The first-order chi connectivity index (χ1) is 21.6. The molecule has 0 N–H and O–H groups in total. The Kier molecular flexibility index (Phi) is 9.14. The van der Waals surface area contributed by atoms with Crippen LogP contribution in [0.5, 0.6) is 0 Å². The Morgan fingerprint density at radius 3 is 2.09 bits per heavy atom. The first-order valence-corrected chi connectivity index (χ1v) is 17.2. The van der Waals surface area contributed by atoms with E-state index >= 15 is 0 Å². The molecule has 242 valence electrons. The topological polar surface area (TPSA) is 78.9 Å². The minimum atomic E-state index is -0.235. The molecule has 0 saturated heterocycles. The largest absolute Gasteiger partial charge is 0.469 e. The van der Waals surface area contributed by atoms with E-state index in [1.165, 1.54) is 13.5 Å². The molecule has 4 fully saturated rings. The summed E-state index contributed by atoms with van der Waals surface area (Å²) in [5, 5.41) is 0. The zero-order valence-corrected chi connectivity index (χ0v) is 27.4. The van der Waals surface area contributed by atoms with Crippen molar-refractivity contribution >= 4 is 17.9 Å². The van der Waals surface area contributed by atoms with E-state index in [1.807, 2.05) is 60.7 Å². The van der Waals surface area contributed by atoms with Crippen molar-refractivity contribution in [2.24, 2.45) is 46.3 Å². The van der Waals surface area contributed by atoms with E-state index in [9.17, 15) is 14.4 Å². The number of carbonyl (C=O) groups is 3. The number of hydrogen-bond acceptors (Lipinski definition) is 6. The van der Waals surface area contributed by atoms with Crippen molar-refractivity contribution in [3.05, 3.63) is 71.8 Å². The second kappa shape index (κ2) is 12.9. The maximum Gasteiger partial charge on any atom is 0.338 e. The second-order valence-electron chi connectivity index (χ2n) is 15.0. The van der Waals surface area contributed by atoms with Crippen LogP contribution in [0, 0.1) is 46.3 Å². The summed E-state index contributed by atoms with van der Waals surface area (Å²) in [4.78, 5) is 38.6. The van der Waals surface area contributed by atoms with Crippen molar-refractivity contribution in [1.29, 1.82) is 0 Å². The third-order valence-corrected chi connectivity index (χ3v) is 13.0. The molecule has 4 aliphatic carbocycles. The molecule has 0 radical (unpaired) electrons. The predicted molar refractivity (Wildman–Crippen MR) is 172 cm³/mol. The number of benzene rings is 2. The lowest BCUT2D eigenvalue weighted by Crippen LogP contribution is -2.59. The third kappa shape index (κ3) is 5.94. The van der Waals surface area contributed by atoms with E-state index in [2.05, 4.69) is 20.8 Å². The van der Waals surface area contributed by atoms with Crippen molar-refractivity contribution in [3.63, 3.8) is 0 Å². The molecule has 2 aromatic carbocycles. The van der Waals surface area contributed by atoms with E-state index in [-0.39, 0.29) is 40.9 Å². The Hall–Kier alpha value is -3.15. The SMILES string of the molecule is COC(=O)CC[C@H](C)[C@@H]1CC[C@@H]2[C@@H]3CC[C@H]4C[C@H](OC(=O)c5ccccc5)CC[C@]4(C)[C@@H]3C[C@H](OC(=O)c3ccccc3)[C@@]21C. The summed E-state index contributed by atoms with van der Waals surface area (Å²) in [6.45, 7) is 7.16. The van der Waals surface area contributed by atoms with Crippen molar-refractivity contribution in [3.8, 4) is 0 Å². The molecule has 0 amide bonds. The van der Waals surface area contributed by atoms with Crippen LogP contribution < -0.4 is 0 Å². The van der Waals surface area contributed by atoms with Gasteiger partial charge in [0.1, 0.15) is 12.2 Å². The molecular formula is C39H50O6. The normalized spacial score (nSPS) is 36.0. The molecule has 6 rings (SSSR count). The summed E-state index contributed by atoms with van der Waals surface area (Å²) in [5.41, 5.74) is 1.18. The Morgan fingerprint density at radius 1 is 0.800 bits per heavy atom. The van der Waals surface area contributed by atoms with Crippen LogP contribution in [0.15, 0.2) is 60.7 Å². The molecule has 6 heteroatoms. The van der Waals surface area contributed by atoms with E-state index < -0.39 is 0 Å². The van der Waals surface area contributed by atoms with Gasteiger partial charge in [0.25, 0.3) is 0 Å². The molecule has 2 aromatic rings. The average molecular weight is 615 g/mol. The molecule has 0 aromatic heterocycles. The molecule has 0 aliphatic heterocycles. The van der Waals surface area contributed by atoms with Gasteiger partial charge in [0.05, 0.1) is 18.2 Å². The highest BCUT2D eigenvalue weighted by Crippen LogP contribution is 2.69. The van der Waals surface area contributed by atoms with E-state index in [0.29, 0.717) is 53.1 Å². The second-order valence-corrected chi connectivity index (χ2v) is 15.0. The lowest BCUT2D eigenvalue weighted by Gasteiger charge is -2.62. The van der Waals surface area contributed by atoms with E-state index in [1.54, 1.807) is 0 Å². The van der Waals surface area contributed by atoms with Crippen molar-refractivity contribution in [1.82, 2.24) is 0 Å². The first-order valence-electron chi connectivity index (χ1n) is 17.2. The van der Waals surface area contributed by atoms with Crippen LogP contribution in [-0.4, -0.2) is 37.2 Å². The summed E-state index contributed by atoms with van der Waals surface area (Å²) in [5.74, 6) is 2.08. The smallest absolute Gasteiger partial charge is 0.338 e. The van der Waals surface area contributed by atoms with Crippen LogP contribution in [0.3, 0.4) is 0 Å². The Morgan fingerprint density at radius 2 is 1.44 bits per heavy atom. The summed E-state index contributed by atoms with van der Waals surface area (Å²) in [6, 6.07) is 18.7. The van der Waals surface area contributed by atoms with Gasteiger partial charge in [-0.1, -0.05) is 57.2 Å². The Balaban J connectivity index is 1.24. The number of esters is 3. The maximum atomic E-state index is 13.6. The maximum absolute atomic E-state index is 13.6. The fraction of sp³-hybridized carbons (Fsp3) is 0.615. The van der Waals surface area contributed by atoms with Gasteiger partial charge in [-0.25, -0.2) is 9.59 Å². The summed E-state index contributed by atoms with van der Waals surface area (Å²) >= 11 is 0. The van der Waals surface area contributed by atoms with Crippen LogP contribution in [0.2, 0.25) is 0 Å². The highest BCUT2D eigenvalue weighted by atomic mass is 16.5. The van der Waals surface area contributed by atoms with Gasteiger partial charge in [-0.3, -0.25) is 4.79 Å². The lowest BCUT2D eigenvalue weighted by molar-refractivity contribution is -0.176. The van der Waals surface area contributed by atoms with Gasteiger partial charge in [0.15, 0.2) is 0 Å². The zero-order chi connectivity index (χ0) is 31.8. The summed E-state index contributed by atoms with van der Waals surface area (Å²) < 4.78 is 17.6. The fourth-order valence-electron chi connectivity index (χ4n) is 10.6. The lowest BCUT2D eigenvalue weighted by atomic mass is 9.43. The van der Waals surface area contributed by atoms with Gasteiger partial charge < -0.3 is 14.2 Å². The minimum absolute atomic E-state index is 0.0561. The van der Waals surface area contributed by atoms with Gasteiger partial charge >= 0.3 is 17.9 Å².